The monoisotopic (exact) mass is 272 g/mol. The van der Waals surface area contributed by atoms with Crippen molar-refractivity contribution in [2.45, 2.75) is 12.1 Å². The Labute approximate surface area is 109 Å². The predicted octanol–water partition coefficient (Wildman–Crippen LogP) is 0.884. The number of carbonyl (C=O) groups is 1. The molecule has 1 aliphatic heterocycles. The van der Waals surface area contributed by atoms with Crippen molar-refractivity contribution in [2.75, 3.05) is 20.1 Å². The Morgan fingerprint density at radius 1 is 1.56 bits per heavy atom. The van der Waals surface area contributed by atoms with Crippen LogP contribution in [0.2, 0.25) is 5.02 Å². The Bertz CT molecular complexity index is 469. The molecule has 0 aromatic heterocycles. The van der Waals surface area contributed by atoms with Gasteiger partial charge in [0.15, 0.2) is 0 Å². The fourth-order valence-corrected chi connectivity index (χ4v) is 2.22. The maximum absolute atomic E-state index is 13.6. The molecule has 0 bridgehead atoms. The molecule has 0 unspecified atom stereocenters. The number of β-amino-alcohol motifs (C(OH)–C–C–N with tert-alkyl or cyclic N) is 1. The van der Waals surface area contributed by atoms with Crippen LogP contribution >= 0.6 is 11.6 Å². The zero-order valence-corrected chi connectivity index (χ0v) is 10.6. The van der Waals surface area contributed by atoms with Gasteiger partial charge in [-0.2, -0.15) is 0 Å². The molecule has 1 heterocycles. The number of aliphatic hydroxyl groups excluding tert-OH is 1. The average Bonchev–Trinajstić information content (AvgIpc) is 2.77. The van der Waals surface area contributed by atoms with Gasteiger partial charge in [0, 0.05) is 25.2 Å². The van der Waals surface area contributed by atoms with E-state index in [0.717, 1.165) is 6.07 Å². The largest absolute Gasteiger partial charge is 0.390 e. The Morgan fingerprint density at radius 2 is 2.28 bits per heavy atom. The molecule has 98 valence electrons. The molecular weight excluding hydrogens is 259 g/mol. The van der Waals surface area contributed by atoms with E-state index in [-0.39, 0.29) is 11.6 Å². The van der Waals surface area contributed by atoms with Crippen LogP contribution in [-0.4, -0.2) is 48.2 Å². The molecule has 4 nitrogen and oxygen atoms in total. The van der Waals surface area contributed by atoms with Gasteiger partial charge in [0.2, 0.25) is 0 Å². The molecule has 0 aliphatic carbocycles. The summed E-state index contributed by atoms with van der Waals surface area (Å²) in [6, 6.07) is 3.49. The zero-order valence-electron chi connectivity index (χ0n) is 9.86. The van der Waals surface area contributed by atoms with Gasteiger partial charge in [-0.25, -0.2) is 4.39 Å². The van der Waals surface area contributed by atoms with Gasteiger partial charge in [-0.3, -0.25) is 4.79 Å². The van der Waals surface area contributed by atoms with Gasteiger partial charge in [0.25, 0.3) is 5.91 Å². The highest BCUT2D eigenvalue weighted by atomic mass is 35.5. The van der Waals surface area contributed by atoms with E-state index >= 15 is 0 Å². The Balaban J connectivity index is 2.22. The Kier molecular flexibility index (Phi) is 3.85. The van der Waals surface area contributed by atoms with Gasteiger partial charge in [-0.1, -0.05) is 11.6 Å². The number of amides is 1. The highest BCUT2D eigenvalue weighted by Crippen LogP contribution is 2.18. The van der Waals surface area contributed by atoms with E-state index in [1.54, 1.807) is 7.05 Å². The van der Waals surface area contributed by atoms with Crippen LogP contribution in [-0.2, 0) is 0 Å². The van der Waals surface area contributed by atoms with Gasteiger partial charge >= 0.3 is 0 Å². The minimum Gasteiger partial charge on any atom is -0.390 e. The van der Waals surface area contributed by atoms with E-state index < -0.39 is 17.8 Å². The second kappa shape index (κ2) is 5.22. The predicted molar refractivity (Wildman–Crippen MR) is 66.2 cm³/mol. The van der Waals surface area contributed by atoms with E-state index in [9.17, 15) is 14.3 Å². The molecule has 1 saturated heterocycles. The number of benzene rings is 1. The lowest BCUT2D eigenvalue weighted by atomic mass is 10.1. The average molecular weight is 273 g/mol. The molecule has 1 amide bonds. The second-order valence-corrected chi connectivity index (χ2v) is 4.77. The standard InChI is InChI=1S/C12H14ClFN2O2/c1-16(10-5-15-6-11(10)17)12(18)8-4-7(13)2-3-9(8)14/h2-4,10-11,15,17H,5-6H2,1H3/t10-,11-/m1/s1. The molecule has 1 aliphatic rings. The van der Waals surface area contributed by atoms with E-state index in [1.165, 1.54) is 17.0 Å². The number of carbonyl (C=O) groups excluding carboxylic acids is 1. The first kappa shape index (κ1) is 13.3. The number of hydrogen-bond acceptors (Lipinski definition) is 3. The van der Waals surface area contributed by atoms with Gasteiger partial charge in [0.05, 0.1) is 17.7 Å². The summed E-state index contributed by atoms with van der Waals surface area (Å²) in [4.78, 5) is 13.5. The molecule has 2 rings (SSSR count). The van der Waals surface area contributed by atoms with Crippen LogP contribution in [0.4, 0.5) is 4.39 Å². The Hall–Kier alpha value is -1.17. The van der Waals surface area contributed by atoms with Crippen LogP contribution in [0, 0.1) is 5.82 Å². The molecular formula is C12H14ClFN2O2. The molecule has 18 heavy (non-hydrogen) atoms. The minimum atomic E-state index is -0.638. The van der Waals surface area contributed by atoms with Crippen molar-refractivity contribution in [1.29, 1.82) is 0 Å². The van der Waals surface area contributed by atoms with Crippen molar-refractivity contribution in [3.8, 4) is 0 Å². The molecule has 1 fully saturated rings. The lowest BCUT2D eigenvalue weighted by Crippen LogP contribution is -2.44. The van der Waals surface area contributed by atoms with Crippen molar-refractivity contribution in [1.82, 2.24) is 10.2 Å². The van der Waals surface area contributed by atoms with Crippen LogP contribution in [0.3, 0.4) is 0 Å². The van der Waals surface area contributed by atoms with Crippen LogP contribution < -0.4 is 5.32 Å². The molecule has 0 saturated carbocycles. The maximum atomic E-state index is 13.6. The number of halogens is 2. The van der Waals surface area contributed by atoms with E-state index in [0.29, 0.717) is 18.1 Å². The number of likely N-dealkylation sites (N-methyl/N-ethyl adjacent to an activating group) is 1. The fraction of sp³-hybridized carbons (Fsp3) is 0.417. The van der Waals surface area contributed by atoms with Gasteiger partial charge in [-0.15, -0.1) is 0 Å². The molecule has 0 radical (unpaired) electrons. The highest BCUT2D eigenvalue weighted by molar-refractivity contribution is 6.31. The van der Waals surface area contributed by atoms with E-state index in [2.05, 4.69) is 5.32 Å². The summed E-state index contributed by atoms with van der Waals surface area (Å²) in [6.45, 7) is 0.923. The number of aliphatic hydroxyl groups is 1. The second-order valence-electron chi connectivity index (χ2n) is 4.33. The molecule has 2 atom stereocenters. The van der Waals surface area contributed by atoms with Gasteiger partial charge < -0.3 is 15.3 Å². The SMILES string of the molecule is CN(C(=O)c1cc(Cl)ccc1F)[C@@H]1CNC[C@H]1O. The molecule has 6 heteroatoms. The third kappa shape index (κ3) is 2.48. The van der Waals surface area contributed by atoms with Crippen molar-refractivity contribution < 1.29 is 14.3 Å². The van der Waals surface area contributed by atoms with Crippen LogP contribution in [0.1, 0.15) is 10.4 Å². The minimum absolute atomic E-state index is 0.0795. The first-order chi connectivity index (χ1) is 8.50. The Morgan fingerprint density at radius 3 is 2.89 bits per heavy atom. The van der Waals surface area contributed by atoms with Crippen molar-refractivity contribution >= 4 is 17.5 Å². The number of nitrogens with one attached hydrogen (secondary N) is 1. The van der Waals surface area contributed by atoms with Crippen molar-refractivity contribution in [3.63, 3.8) is 0 Å². The van der Waals surface area contributed by atoms with Gasteiger partial charge in [-0.05, 0) is 18.2 Å². The van der Waals surface area contributed by atoms with E-state index in [4.69, 9.17) is 11.6 Å². The van der Waals surface area contributed by atoms with E-state index in [1.807, 2.05) is 0 Å². The smallest absolute Gasteiger partial charge is 0.257 e. The molecule has 1 aromatic rings. The quantitative estimate of drug-likeness (QED) is 0.841. The van der Waals surface area contributed by atoms with Crippen molar-refractivity contribution in [2.24, 2.45) is 0 Å². The summed E-state index contributed by atoms with van der Waals surface area (Å²) >= 11 is 5.75. The van der Waals surface area contributed by atoms with Crippen LogP contribution in [0.25, 0.3) is 0 Å². The molecule has 0 spiro atoms. The number of nitrogens with zero attached hydrogens (tertiary/aromatic N) is 1. The van der Waals surface area contributed by atoms with Crippen molar-refractivity contribution in [3.05, 3.63) is 34.6 Å². The fourth-order valence-electron chi connectivity index (χ4n) is 2.05. The topological polar surface area (TPSA) is 52.6 Å². The summed E-state index contributed by atoms with van der Waals surface area (Å²) in [5.74, 6) is -1.10. The third-order valence-electron chi connectivity index (χ3n) is 3.13. The van der Waals surface area contributed by atoms with Crippen LogP contribution in [0.15, 0.2) is 18.2 Å². The normalized spacial score (nSPS) is 23.1. The van der Waals surface area contributed by atoms with Crippen LogP contribution in [0.5, 0.6) is 0 Å². The summed E-state index contributed by atoms with van der Waals surface area (Å²) in [5, 5.41) is 13.0. The molecule has 2 N–H and O–H groups in total. The first-order valence-electron chi connectivity index (χ1n) is 5.61. The lowest BCUT2D eigenvalue weighted by Gasteiger charge is -2.26. The summed E-state index contributed by atoms with van der Waals surface area (Å²) < 4.78 is 13.6. The first-order valence-corrected chi connectivity index (χ1v) is 5.99. The summed E-state index contributed by atoms with van der Waals surface area (Å²) in [5.41, 5.74) is -0.0795. The zero-order chi connectivity index (χ0) is 13.3. The number of hydrogen-bond donors (Lipinski definition) is 2. The lowest BCUT2D eigenvalue weighted by molar-refractivity contribution is 0.0577. The number of rotatable bonds is 2. The van der Waals surface area contributed by atoms with Gasteiger partial charge in [0.1, 0.15) is 5.82 Å². The molecule has 1 aromatic carbocycles. The maximum Gasteiger partial charge on any atom is 0.257 e. The summed E-state index contributed by atoms with van der Waals surface area (Å²) in [6.07, 6.45) is -0.638. The highest BCUT2D eigenvalue weighted by Gasteiger charge is 2.32. The third-order valence-corrected chi connectivity index (χ3v) is 3.36. The summed E-state index contributed by atoms with van der Waals surface area (Å²) in [7, 11) is 1.55.